The molecular weight excluding hydrogens is 346 g/mol. The third kappa shape index (κ3) is 3.75. The number of fused-ring (bicyclic) bond motifs is 1. The van der Waals surface area contributed by atoms with E-state index in [0.717, 1.165) is 16.5 Å². The van der Waals surface area contributed by atoms with E-state index in [1.54, 1.807) is 6.20 Å². The second-order valence-electron chi connectivity index (χ2n) is 7.16. The number of aromatic nitrogens is 1. The van der Waals surface area contributed by atoms with E-state index in [2.05, 4.69) is 15.6 Å². The summed E-state index contributed by atoms with van der Waals surface area (Å²) < 4.78 is 0. The summed E-state index contributed by atoms with van der Waals surface area (Å²) in [4.78, 5) is 29.8. The van der Waals surface area contributed by atoms with Crippen LogP contribution in [0.15, 0.2) is 42.6 Å². The van der Waals surface area contributed by atoms with Crippen LogP contribution >= 0.6 is 11.3 Å². The first kappa shape index (κ1) is 18.1. The number of nitrogens with one attached hydrogen (secondary N) is 2. The standard InChI is InChI=1S/C20H21N3O2S/c1-12-11-16(23-19(25)20(2,3)4)26-17(12)18(24)22-15-9-5-8-14-13(15)7-6-10-21-14/h5-11H,1-4H3,(H,22,24)(H,23,25). The maximum Gasteiger partial charge on any atom is 0.266 e. The van der Waals surface area contributed by atoms with Gasteiger partial charge in [0.2, 0.25) is 5.91 Å². The van der Waals surface area contributed by atoms with Crippen LogP contribution in [0.3, 0.4) is 0 Å². The number of nitrogens with zero attached hydrogens (tertiary/aromatic N) is 1. The van der Waals surface area contributed by atoms with Crippen LogP contribution < -0.4 is 10.6 Å². The molecular formula is C20H21N3O2S. The molecule has 0 aliphatic heterocycles. The Morgan fingerprint density at radius 1 is 1.08 bits per heavy atom. The minimum absolute atomic E-state index is 0.0779. The summed E-state index contributed by atoms with van der Waals surface area (Å²) in [6, 6.07) is 11.2. The molecule has 0 saturated heterocycles. The minimum atomic E-state index is -0.490. The van der Waals surface area contributed by atoms with E-state index < -0.39 is 5.41 Å². The van der Waals surface area contributed by atoms with Crippen molar-refractivity contribution in [1.82, 2.24) is 4.98 Å². The summed E-state index contributed by atoms with van der Waals surface area (Å²) in [5.74, 6) is -0.272. The highest BCUT2D eigenvalue weighted by atomic mass is 32.1. The maximum atomic E-state index is 12.7. The summed E-state index contributed by atoms with van der Waals surface area (Å²) in [5, 5.41) is 7.40. The van der Waals surface area contributed by atoms with Crippen LogP contribution in [0.25, 0.3) is 10.9 Å². The highest BCUT2D eigenvalue weighted by Gasteiger charge is 2.23. The maximum absolute atomic E-state index is 12.7. The molecule has 0 bridgehead atoms. The average Bonchev–Trinajstić information content (AvgIpc) is 2.95. The molecule has 0 aliphatic rings. The number of amides is 2. The molecule has 0 atom stereocenters. The van der Waals surface area contributed by atoms with E-state index in [0.29, 0.717) is 15.6 Å². The zero-order valence-electron chi connectivity index (χ0n) is 15.2. The first-order chi connectivity index (χ1) is 12.3. The van der Waals surface area contributed by atoms with Gasteiger partial charge in [-0.15, -0.1) is 11.3 Å². The van der Waals surface area contributed by atoms with Crippen LogP contribution in [0.1, 0.15) is 36.0 Å². The minimum Gasteiger partial charge on any atom is -0.321 e. The van der Waals surface area contributed by atoms with Crippen molar-refractivity contribution in [2.45, 2.75) is 27.7 Å². The van der Waals surface area contributed by atoms with Crippen LogP contribution in [-0.4, -0.2) is 16.8 Å². The van der Waals surface area contributed by atoms with E-state index in [-0.39, 0.29) is 11.8 Å². The predicted octanol–water partition coefficient (Wildman–Crippen LogP) is 4.84. The van der Waals surface area contributed by atoms with Gasteiger partial charge in [-0.3, -0.25) is 14.6 Å². The molecule has 1 aromatic carbocycles. The number of carbonyl (C=O) groups excluding carboxylic acids is 2. The molecule has 26 heavy (non-hydrogen) atoms. The number of aryl methyl sites for hydroxylation is 1. The fourth-order valence-electron chi connectivity index (χ4n) is 2.46. The molecule has 0 fully saturated rings. The van der Waals surface area contributed by atoms with Crippen molar-refractivity contribution >= 4 is 44.7 Å². The second kappa shape index (κ2) is 6.88. The molecule has 0 aliphatic carbocycles. The van der Waals surface area contributed by atoms with Gasteiger partial charge >= 0.3 is 0 Å². The third-order valence-electron chi connectivity index (χ3n) is 3.94. The molecule has 0 spiro atoms. The normalized spacial score (nSPS) is 11.4. The molecule has 0 radical (unpaired) electrons. The van der Waals surface area contributed by atoms with Gasteiger partial charge in [0.25, 0.3) is 5.91 Å². The summed E-state index contributed by atoms with van der Waals surface area (Å²) >= 11 is 1.28. The van der Waals surface area contributed by atoms with Crippen molar-refractivity contribution < 1.29 is 9.59 Å². The molecule has 2 N–H and O–H groups in total. The summed E-state index contributed by atoms with van der Waals surface area (Å²) in [6.45, 7) is 7.42. The van der Waals surface area contributed by atoms with Crippen molar-refractivity contribution in [2.24, 2.45) is 5.41 Å². The van der Waals surface area contributed by atoms with Crippen molar-refractivity contribution in [3.05, 3.63) is 53.0 Å². The lowest BCUT2D eigenvalue weighted by molar-refractivity contribution is -0.123. The molecule has 134 valence electrons. The van der Waals surface area contributed by atoms with Gasteiger partial charge in [-0.25, -0.2) is 0 Å². The smallest absolute Gasteiger partial charge is 0.266 e. The van der Waals surface area contributed by atoms with Gasteiger partial charge in [-0.05, 0) is 42.8 Å². The molecule has 0 unspecified atom stereocenters. The summed E-state index contributed by atoms with van der Waals surface area (Å²) in [5.41, 5.74) is 1.88. The van der Waals surface area contributed by atoms with E-state index in [9.17, 15) is 9.59 Å². The highest BCUT2D eigenvalue weighted by Crippen LogP contribution is 2.30. The van der Waals surface area contributed by atoms with Gasteiger partial charge < -0.3 is 10.6 Å². The van der Waals surface area contributed by atoms with Crippen molar-refractivity contribution in [3.8, 4) is 0 Å². The first-order valence-electron chi connectivity index (χ1n) is 8.33. The zero-order chi connectivity index (χ0) is 18.9. The average molecular weight is 367 g/mol. The number of hydrogen-bond acceptors (Lipinski definition) is 4. The van der Waals surface area contributed by atoms with Gasteiger partial charge in [-0.2, -0.15) is 0 Å². The fraction of sp³-hybridized carbons (Fsp3) is 0.250. The van der Waals surface area contributed by atoms with Gasteiger partial charge in [-0.1, -0.05) is 26.8 Å². The number of anilines is 2. The monoisotopic (exact) mass is 367 g/mol. The molecule has 0 saturated carbocycles. The van der Waals surface area contributed by atoms with Crippen LogP contribution in [0.5, 0.6) is 0 Å². The molecule has 2 heterocycles. The Bertz CT molecular complexity index is 981. The van der Waals surface area contributed by atoms with Crippen LogP contribution in [0.4, 0.5) is 10.7 Å². The lowest BCUT2D eigenvalue weighted by Gasteiger charge is -2.16. The molecule has 2 aromatic heterocycles. The van der Waals surface area contributed by atoms with Gasteiger partial charge in [0.05, 0.1) is 21.1 Å². The van der Waals surface area contributed by atoms with E-state index in [4.69, 9.17) is 0 Å². The number of pyridine rings is 1. The Kier molecular flexibility index (Phi) is 4.78. The molecule has 3 aromatic rings. The largest absolute Gasteiger partial charge is 0.321 e. The molecule has 6 heteroatoms. The SMILES string of the molecule is Cc1cc(NC(=O)C(C)(C)C)sc1C(=O)Nc1cccc2ncccc12. The van der Waals surface area contributed by atoms with Gasteiger partial charge in [0, 0.05) is 17.0 Å². The first-order valence-corrected chi connectivity index (χ1v) is 9.14. The second-order valence-corrected chi connectivity index (χ2v) is 8.21. The summed E-state index contributed by atoms with van der Waals surface area (Å²) in [6.07, 6.45) is 1.72. The highest BCUT2D eigenvalue weighted by molar-refractivity contribution is 7.18. The lowest BCUT2D eigenvalue weighted by Crippen LogP contribution is -2.27. The molecule has 5 nitrogen and oxygen atoms in total. The van der Waals surface area contributed by atoms with E-state index >= 15 is 0 Å². The number of benzene rings is 1. The van der Waals surface area contributed by atoms with Crippen LogP contribution in [-0.2, 0) is 4.79 Å². The van der Waals surface area contributed by atoms with Crippen molar-refractivity contribution in [3.63, 3.8) is 0 Å². The van der Waals surface area contributed by atoms with E-state index in [1.165, 1.54) is 11.3 Å². The van der Waals surface area contributed by atoms with Crippen molar-refractivity contribution in [2.75, 3.05) is 10.6 Å². The lowest BCUT2D eigenvalue weighted by atomic mass is 9.96. The Balaban J connectivity index is 1.83. The third-order valence-corrected chi connectivity index (χ3v) is 5.09. The fourth-order valence-corrected chi connectivity index (χ4v) is 3.42. The number of hydrogen-bond donors (Lipinski definition) is 2. The number of carbonyl (C=O) groups is 2. The Labute approximate surface area is 156 Å². The van der Waals surface area contributed by atoms with Gasteiger partial charge in [0.15, 0.2) is 0 Å². The van der Waals surface area contributed by atoms with Gasteiger partial charge in [0.1, 0.15) is 0 Å². The summed E-state index contributed by atoms with van der Waals surface area (Å²) in [7, 11) is 0. The van der Waals surface area contributed by atoms with Crippen LogP contribution in [0, 0.1) is 12.3 Å². The number of rotatable bonds is 3. The topological polar surface area (TPSA) is 71.1 Å². The Morgan fingerprint density at radius 2 is 1.85 bits per heavy atom. The Hall–Kier alpha value is -2.73. The number of thiophene rings is 1. The molecule has 3 rings (SSSR count). The van der Waals surface area contributed by atoms with E-state index in [1.807, 2.05) is 64.1 Å². The zero-order valence-corrected chi connectivity index (χ0v) is 16.0. The Morgan fingerprint density at radius 3 is 2.58 bits per heavy atom. The quantitative estimate of drug-likeness (QED) is 0.696. The van der Waals surface area contributed by atoms with Crippen molar-refractivity contribution in [1.29, 1.82) is 0 Å². The predicted molar refractivity (Wildman–Crippen MR) is 107 cm³/mol. The molecule has 2 amide bonds. The van der Waals surface area contributed by atoms with Crippen LogP contribution in [0.2, 0.25) is 0 Å².